The average Bonchev–Trinajstić information content (AvgIpc) is 3.41. The molecule has 0 unspecified atom stereocenters. The molecule has 28 heavy (non-hydrogen) atoms. The van der Waals surface area contributed by atoms with E-state index < -0.39 is 0 Å². The Balaban J connectivity index is 1.61. The number of fused-ring (bicyclic) bond motifs is 2. The number of ether oxygens (including phenoxy) is 1. The summed E-state index contributed by atoms with van der Waals surface area (Å²) in [6, 6.07) is 8.06. The molecule has 1 amide bonds. The summed E-state index contributed by atoms with van der Waals surface area (Å²) in [7, 11) is 1.93. The molecule has 0 spiro atoms. The third kappa shape index (κ3) is 2.80. The van der Waals surface area contributed by atoms with E-state index in [9.17, 15) is 4.79 Å². The second-order valence-electron chi connectivity index (χ2n) is 7.13. The molecule has 4 aromatic rings. The van der Waals surface area contributed by atoms with Gasteiger partial charge in [0.05, 0.1) is 33.3 Å². The number of carbonyl (C=O) groups is 1. The molecular formula is C20H19N5O2S. The van der Waals surface area contributed by atoms with Crippen LogP contribution in [0.1, 0.15) is 13.3 Å². The molecule has 7 nitrogen and oxygen atoms in total. The van der Waals surface area contributed by atoms with Crippen LogP contribution in [0.3, 0.4) is 0 Å². The molecular weight excluding hydrogens is 374 g/mol. The number of hydrogen-bond acceptors (Lipinski definition) is 6. The Labute approximate surface area is 165 Å². The lowest BCUT2D eigenvalue weighted by Gasteiger charge is -2.20. The van der Waals surface area contributed by atoms with Gasteiger partial charge in [0.25, 0.3) is 0 Å². The Morgan fingerprint density at radius 2 is 2.25 bits per heavy atom. The van der Waals surface area contributed by atoms with Crippen LogP contribution in [0.5, 0.6) is 5.88 Å². The Bertz CT molecular complexity index is 1200. The molecule has 0 radical (unpaired) electrons. The second-order valence-corrected chi connectivity index (χ2v) is 8.02. The number of hydrogen-bond donors (Lipinski definition) is 1. The summed E-state index contributed by atoms with van der Waals surface area (Å²) in [5.74, 6) is 0.734. The van der Waals surface area contributed by atoms with E-state index in [4.69, 9.17) is 9.72 Å². The summed E-state index contributed by atoms with van der Waals surface area (Å²) in [4.78, 5) is 25.4. The highest BCUT2D eigenvalue weighted by Crippen LogP contribution is 2.34. The normalized spacial score (nSPS) is 17.9. The van der Waals surface area contributed by atoms with Crippen LogP contribution in [0, 0.1) is 5.92 Å². The van der Waals surface area contributed by atoms with Crippen LogP contribution < -0.4 is 10.1 Å². The minimum absolute atomic E-state index is 0.0723. The minimum Gasteiger partial charge on any atom is -0.473 e. The second kappa shape index (κ2) is 6.56. The lowest BCUT2D eigenvalue weighted by atomic mass is 10.0. The summed E-state index contributed by atoms with van der Waals surface area (Å²) in [6.07, 6.45) is 2.10. The predicted molar refractivity (Wildman–Crippen MR) is 108 cm³/mol. The van der Waals surface area contributed by atoms with Crippen LogP contribution >= 0.6 is 11.3 Å². The van der Waals surface area contributed by atoms with Crippen LogP contribution in [-0.2, 0) is 11.8 Å². The van der Waals surface area contributed by atoms with Crippen molar-refractivity contribution in [3.63, 3.8) is 0 Å². The summed E-state index contributed by atoms with van der Waals surface area (Å²) in [6.45, 7) is 2.62. The highest BCUT2D eigenvalue weighted by atomic mass is 32.1. The maximum Gasteiger partial charge on any atom is 0.241 e. The van der Waals surface area contributed by atoms with Crippen LogP contribution in [0.15, 0.2) is 36.1 Å². The number of benzene rings is 1. The van der Waals surface area contributed by atoms with Crippen molar-refractivity contribution in [2.24, 2.45) is 13.0 Å². The third-order valence-electron chi connectivity index (χ3n) is 5.27. The standard InChI is InChI=1S/C20H19N5O2S/c1-11(12-6-17(26)21-8-12)27-20-19-15(22-9-25(19)2)7-14(24-20)13-4-3-5-16-18(13)23-10-28-16/h3-5,7,9-12H,6,8H2,1-2H3,(H,21,26)/t11-,12-/m1/s1. The van der Waals surface area contributed by atoms with Crippen LogP contribution in [0.2, 0.25) is 0 Å². The van der Waals surface area contributed by atoms with Gasteiger partial charge in [0.15, 0.2) is 0 Å². The van der Waals surface area contributed by atoms with Crippen molar-refractivity contribution in [1.29, 1.82) is 0 Å². The largest absolute Gasteiger partial charge is 0.473 e. The lowest BCUT2D eigenvalue weighted by Crippen LogP contribution is -2.26. The molecule has 3 aromatic heterocycles. The summed E-state index contributed by atoms with van der Waals surface area (Å²) in [5, 5.41) is 2.87. The van der Waals surface area contributed by atoms with Gasteiger partial charge < -0.3 is 14.6 Å². The SMILES string of the molecule is C[C@@H](Oc1nc(-c2cccc3scnc23)cc2ncn(C)c12)[C@H]1CNC(=O)C1. The number of imidazole rings is 1. The fraction of sp³-hybridized carbons (Fsp3) is 0.300. The van der Waals surface area contributed by atoms with E-state index in [2.05, 4.69) is 21.4 Å². The van der Waals surface area contributed by atoms with Crippen LogP contribution in [-0.4, -0.2) is 38.1 Å². The van der Waals surface area contributed by atoms with Crippen molar-refractivity contribution in [3.05, 3.63) is 36.1 Å². The number of thiazole rings is 1. The smallest absolute Gasteiger partial charge is 0.241 e. The molecule has 2 atom stereocenters. The van der Waals surface area contributed by atoms with Gasteiger partial charge in [-0.15, -0.1) is 11.3 Å². The number of pyridine rings is 1. The van der Waals surface area contributed by atoms with Crippen LogP contribution in [0.25, 0.3) is 32.5 Å². The summed E-state index contributed by atoms with van der Waals surface area (Å²) >= 11 is 1.61. The first-order valence-corrected chi connectivity index (χ1v) is 10.1. The number of aromatic nitrogens is 4. The average molecular weight is 393 g/mol. The predicted octanol–water partition coefficient (Wildman–Crippen LogP) is 3.15. The van der Waals surface area contributed by atoms with E-state index in [1.807, 2.05) is 42.2 Å². The molecule has 1 aromatic carbocycles. The Morgan fingerprint density at radius 3 is 3.07 bits per heavy atom. The maximum absolute atomic E-state index is 11.6. The first kappa shape index (κ1) is 17.1. The molecule has 1 fully saturated rings. The molecule has 1 aliphatic rings. The number of carbonyl (C=O) groups excluding carboxylic acids is 1. The molecule has 5 rings (SSSR count). The van der Waals surface area contributed by atoms with Crippen molar-refractivity contribution in [2.45, 2.75) is 19.4 Å². The zero-order chi connectivity index (χ0) is 19.3. The molecule has 0 bridgehead atoms. The molecule has 1 saturated heterocycles. The zero-order valence-corrected chi connectivity index (χ0v) is 16.4. The number of amides is 1. The molecule has 8 heteroatoms. The van der Waals surface area contributed by atoms with Gasteiger partial charge in [-0.2, -0.15) is 0 Å². The monoisotopic (exact) mass is 393 g/mol. The fourth-order valence-electron chi connectivity index (χ4n) is 3.68. The molecule has 0 aliphatic carbocycles. The number of rotatable bonds is 4. The van der Waals surface area contributed by atoms with E-state index in [0.717, 1.165) is 32.5 Å². The minimum atomic E-state index is -0.144. The summed E-state index contributed by atoms with van der Waals surface area (Å²) < 4.78 is 9.30. The van der Waals surface area contributed by atoms with E-state index in [0.29, 0.717) is 18.8 Å². The van der Waals surface area contributed by atoms with Crippen molar-refractivity contribution in [2.75, 3.05) is 6.54 Å². The zero-order valence-electron chi connectivity index (χ0n) is 15.5. The van der Waals surface area contributed by atoms with Gasteiger partial charge in [-0.25, -0.2) is 15.0 Å². The maximum atomic E-state index is 11.6. The van der Waals surface area contributed by atoms with Gasteiger partial charge in [0.2, 0.25) is 11.8 Å². The first-order valence-electron chi connectivity index (χ1n) is 9.18. The Morgan fingerprint density at radius 1 is 1.36 bits per heavy atom. The molecule has 142 valence electrons. The van der Waals surface area contributed by atoms with Crippen molar-refractivity contribution >= 4 is 38.5 Å². The Kier molecular flexibility index (Phi) is 4.01. The number of para-hydroxylation sites is 1. The van der Waals surface area contributed by atoms with Crippen molar-refractivity contribution in [1.82, 2.24) is 24.8 Å². The first-order chi connectivity index (χ1) is 13.6. The van der Waals surface area contributed by atoms with Gasteiger partial charge in [-0.05, 0) is 19.1 Å². The van der Waals surface area contributed by atoms with Gasteiger partial charge in [-0.3, -0.25) is 4.79 Å². The molecule has 4 heterocycles. The number of aryl methyl sites for hydroxylation is 1. The van der Waals surface area contributed by atoms with E-state index in [1.54, 1.807) is 17.7 Å². The third-order valence-corrected chi connectivity index (χ3v) is 6.06. The summed E-state index contributed by atoms with van der Waals surface area (Å²) in [5.41, 5.74) is 6.18. The molecule has 0 saturated carbocycles. The van der Waals surface area contributed by atoms with E-state index >= 15 is 0 Å². The van der Waals surface area contributed by atoms with Gasteiger partial charge >= 0.3 is 0 Å². The number of nitrogens with one attached hydrogen (secondary N) is 1. The lowest BCUT2D eigenvalue weighted by molar-refractivity contribution is -0.119. The highest BCUT2D eigenvalue weighted by molar-refractivity contribution is 7.16. The van der Waals surface area contributed by atoms with E-state index in [-0.39, 0.29) is 17.9 Å². The van der Waals surface area contributed by atoms with Crippen LogP contribution in [0.4, 0.5) is 0 Å². The van der Waals surface area contributed by atoms with Gasteiger partial charge in [0, 0.05) is 31.5 Å². The Hall–Kier alpha value is -3.00. The molecule has 1 N–H and O–H groups in total. The number of nitrogens with zero attached hydrogens (tertiary/aromatic N) is 4. The fourth-order valence-corrected chi connectivity index (χ4v) is 4.39. The topological polar surface area (TPSA) is 81.9 Å². The van der Waals surface area contributed by atoms with Gasteiger partial charge in [-0.1, -0.05) is 12.1 Å². The highest BCUT2D eigenvalue weighted by Gasteiger charge is 2.29. The molecule has 1 aliphatic heterocycles. The van der Waals surface area contributed by atoms with Crippen molar-refractivity contribution < 1.29 is 9.53 Å². The van der Waals surface area contributed by atoms with Crippen molar-refractivity contribution in [3.8, 4) is 17.1 Å². The van der Waals surface area contributed by atoms with E-state index in [1.165, 1.54) is 0 Å². The quantitative estimate of drug-likeness (QED) is 0.576. The van der Waals surface area contributed by atoms with Gasteiger partial charge in [0.1, 0.15) is 11.6 Å².